The number of ketones is 1. The van der Waals surface area contributed by atoms with Gasteiger partial charge in [0.1, 0.15) is 11.5 Å². The van der Waals surface area contributed by atoms with Gasteiger partial charge >= 0.3 is 0 Å². The summed E-state index contributed by atoms with van der Waals surface area (Å²) in [7, 11) is 0. The van der Waals surface area contributed by atoms with Crippen LogP contribution in [-0.4, -0.2) is 36.5 Å². The molecule has 3 aromatic carbocycles. The average molecular weight is 517 g/mol. The van der Waals surface area contributed by atoms with Gasteiger partial charge in [0.15, 0.2) is 0 Å². The molecule has 6 nitrogen and oxygen atoms in total. The van der Waals surface area contributed by atoms with Gasteiger partial charge in [0.05, 0.1) is 18.2 Å². The summed E-state index contributed by atoms with van der Waals surface area (Å²) in [6.45, 7) is 6.57. The molecule has 2 aliphatic heterocycles. The van der Waals surface area contributed by atoms with Gasteiger partial charge in [0, 0.05) is 35.1 Å². The number of carbonyl (C=O) groups is 2. The molecule has 2 heterocycles. The van der Waals surface area contributed by atoms with Crippen LogP contribution < -0.4 is 14.5 Å². The first-order valence-corrected chi connectivity index (χ1v) is 13.0. The molecule has 1 atom stereocenters. The number of Topliss-reactive ketones (excluding diaryl/α,β-unsaturated/α-hetero) is 1. The number of anilines is 2. The molecular weight excluding hydrogens is 488 g/mol. The van der Waals surface area contributed by atoms with Crippen molar-refractivity contribution < 1.29 is 19.4 Å². The van der Waals surface area contributed by atoms with Crippen molar-refractivity contribution in [1.82, 2.24) is 0 Å². The Morgan fingerprint density at radius 1 is 1.03 bits per heavy atom. The smallest absolute Gasteiger partial charge is 0.300 e. The second-order valence-corrected chi connectivity index (χ2v) is 9.62. The molecule has 0 radical (unpaired) electrons. The maximum atomic E-state index is 13.4. The Bertz CT molecular complexity index is 1360. The lowest BCUT2D eigenvalue weighted by atomic mass is 9.93. The topological polar surface area (TPSA) is 70.1 Å². The molecule has 1 N–H and O–H groups in total. The minimum absolute atomic E-state index is 0.0622. The van der Waals surface area contributed by atoms with E-state index in [9.17, 15) is 14.7 Å². The summed E-state index contributed by atoms with van der Waals surface area (Å²) < 4.78 is 5.70. The highest BCUT2D eigenvalue weighted by atomic mass is 35.5. The third-order valence-corrected chi connectivity index (χ3v) is 7.32. The van der Waals surface area contributed by atoms with Crippen LogP contribution >= 0.6 is 11.6 Å². The van der Waals surface area contributed by atoms with E-state index in [1.54, 1.807) is 30.3 Å². The van der Waals surface area contributed by atoms with Crippen molar-refractivity contribution in [2.45, 2.75) is 32.7 Å². The number of carbonyl (C=O) groups excluding carboxylic acids is 2. The van der Waals surface area contributed by atoms with Crippen LogP contribution in [0.25, 0.3) is 5.76 Å². The Hall–Kier alpha value is -3.77. The van der Waals surface area contributed by atoms with E-state index >= 15 is 0 Å². The van der Waals surface area contributed by atoms with E-state index in [-0.39, 0.29) is 11.3 Å². The van der Waals surface area contributed by atoms with Gasteiger partial charge in [-0.05, 0) is 92.4 Å². The molecule has 0 bridgehead atoms. The normalized spacial score (nSPS) is 18.5. The fourth-order valence-electron chi connectivity index (χ4n) is 5.14. The lowest BCUT2D eigenvalue weighted by Crippen LogP contribution is -2.29. The van der Waals surface area contributed by atoms with Crippen molar-refractivity contribution in [2.75, 3.05) is 29.5 Å². The van der Waals surface area contributed by atoms with E-state index in [0.717, 1.165) is 48.5 Å². The molecule has 7 heteroatoms. The first kappa shape index (κ1) is 24.9. The Morgan fingerprint density at radius 2 is 1.73 bits per heavy atom. The summed E-state index contributed by atoms with van der Waals surface area (Å²) in [5.74, 6) is -0.823. The van der Waals surface area contributed by atoms with Crippen molar-refractivity contribution in [3.05, 3.63) is 94.0 Å². The maximum absolute atomic E-state index is 13.4. The van der Waals surface area contributed by atoms with Crippen LogP contribution in [0, 0.1) is 0 Å². The van der Waals surface area contributed by atoms with Crippen LogP contribution in [-0.2, 0) is 16.0 Å². The number of halogens is 1. The second-order valence-electron chi connectivity index (χ2n) is 9.18. The molecule has 0 aromatic heterocycles. The first-order chi connectivity index (χ1) is 17.9. The molecule has 37 heavy (non-hydrogen) atoms. The third kappa shape index (κ3) is 4.58. The molecule has 190 valence electrons. The molecule has 3 aromatic rings. The van der Waals surface area contributed by atoms with E-state index in [1.165, 1.54) is 4.90 Å². The van der Waals surface area contributed by atoms with Gasteiger partial charge in [-0.1, -0.05) is 23.7 Å². The molecule has 5 rings (SSSR count). The van der Waals surface area contributed by atoms with Gasteiger partial charge in [0.25, 0.3) is 11.7 Å². The monoisotopic (exact) mass is 516 g/mol. The number of amides is 1. The molecule has 1 amide bonds. The van der Waals surface area contributed by atoms with Gasteiger partial charge in [-0.3, -0.25) is 14.5 Å². The summed E-state index contributed by atoms with van der Waals surface area (Å²) in [5, 5.41) is 12.0. The number of aryl methyl sites for hydroxylation is 1. The number of aliphatic hydroxyl groups is 1. The van der Waals surface area contributed by atoms with Crippen LogP contribution in [0.3, 0.4) is 0 Å². The predicted molar refractivity (Wildman–Crippen MR) is 146 cm³/mol. The fourth-order valence-corrected chi connectivity index (χ4v) is 5.26. The maximum Gasteiger partial charge on any atom is 0.300 e. The standard InChI is InChI=1S/C30H29ClN2O4/c1-3-32(4-2)23-12-7-19(8-13-23)27-26(28(34)21-9-16-25-20(18-21)6-5-17-37-25)29(35)30(36)33(27)24-14-10-22(31)11-15-24/h7-16,18,27,34H,3-6,17H2,1-2H3/b28-26-. The van der Waals surface area contributed by atoms with E-state index in [0.29, 0.717) is 22.9 Å². The minimum atomic E-state index is -0.792. The van der Waals surface area contributed by atoms with Crippen molar-refractivity contribution in [2.24, 2.45) is 0 Å². The SMILES string of the molecule is CCN(CC)c1ccc(C2/C(=C(/O)c3ccc4c(c3)CCCO4)C(=O)C(=O)N2c2ccc(Cl)cc2)cc1. The van der Waals surface area contributed by atoms with Crippen LogP contribution in [0.15, 0.2) is 72.3 Å². The number of aliphatic hydroxyl groups excluding tert-OH is 1. The zero-order valence-corrected chi connectivity index (χ0v) is 21.7. The quantitative estimate of drug-likeness (QED) is 0.242. The lowest BCUT2D eigenvalue weighted by molar-refractivity contribution is -0.132. The Kier molecular flexibility index (Phi) is 6.94. The number of hydrogen-bond donors (Lipinski definition) is 1. The largest absolute Gasteiger partial charge is 0.507 e. The van der Waals surface area contributed by atoms with Crippen LogP contribution in [0.1, 0.15) is 43.0 Å². The van der Waals surface area contributed by atoms with Gasteiger partial charge < -0.3 is 14.7 Å². The lowest BCUT2D eigenvalue weighted by Gasteiger charge is -2.27. The Balaban J connectivity index is 1.65. The van der Waals surface area contributed by atoms with Gasteiger partial charge in [0.2, 0.25) is 0 Å². The molecule has 2 aliphatic rings. The van der Waals surface area contributed by atoms with E-state index < -0.39 is 17.7 Å². The Labute approximate surface area is 221 Å². The summed E-state index contributed by atoms with van der Waals surface area (Å²) in [5.41, 5.74) is 3.83. The highest BCUT2D eigenvalue weighted by Crippen LogP contribution is 2.43. The number of fused-ring (bicyclic) bond motifs is 1. The molecule has 0 saturated carbocycles. The summed E-state index contributed by atoms with van der Waals surface area (Å²) in [6.07, 6.45) is 1.71. The number of nitrogens with zero attached hydrogens (tertiary/aromatic N) is 2. The number of rotatable bonds is 6. The number of ether oxygens (including phenoxy) is 1. The average Bonchev–Trinajstić information content (AvgIpc) is 3.19. The zero-order valence-electron chi connectivity index (χ0n) is 20.9. The highest BCUT2D eigenvalue weighted by molar-refractivity contribution is 6.51. The first-order valence-electron chi connectivity index (χ1n) is 12.6. The Morgan fingerprint density at radius 3 is 2.41 bits per heavy atom. The van der Waals surface area contributed by atoms with Crippen LogP contribution in [0.5, 0.6) is 5.75 Å². The van der Waals surface area contributed by atoms with Crippen molar-refractivity contribution in [3.8, 4) is 5.75 Å². The van der Waals surface area contributed by atoms with Gasteiger partial charge in [-0.2, -0.15) is 0 Å². The predicted octanol–water partition coefficient (Wildman–Crippen LogP) is 6.14. The van der Waals surface area contributed by atoms with Crippen LogP contribution in [0.4, 0.5) is 11.4 Å². The van der Waals surface area contributed by atoms with E-state index in [2.05, 4.69) is 18.7 Å². The van der Waals surface area contributed by atoms with E-state index in [1.807, 2.05) is 36.4 Å². The summed E-state index contributed by atoms with van der Waals surface area (Å²) >= 11 is 6.09. The molecule has 1 fully saturated rings. The molecule has 0 aliphatic carbocycles. The minimum Gasteiger partial charge on any atom is -0.507 e. The molecule has 1 saturated heterocycles. The van der Waals surface area contributed by atoms with E-state index in [4.69, 9.17) is 16.3 Å². The number of hydrogen-bond acceptors (Lipinski definition) is 5. The van der Waals surface area contributed by atoms with Crippen LogP contribution in [0.2, 0.25) is 5.02 Å². The highest BCUT2D eigenvalue weighted by Gasteiger charge is 2.47. The summed E-state index contributed by atoms with van der Waals surface area (Å²) in [6, 6.07) is 19.2. The molecule has 1 unspecified atom stereocenters. The third-order valence-electron chi connectivity index (χ3n) is 7.07. The number of benzene rings is 3. The van der Waals surface area contributed by atoms with Gasteiger partial charge in [-0.15, -0.1) is 0 Å². The van der Waals surface area contributed by atoms with Crippen molar-refractivity contribution in [3.63, 3.8) is 0 Å². The summed E-state index contributed by atoms with van der Waals surface area (Å²) in [4.78, 5) is 30.5. The van der Waals surface area contributed by atoms with Crippen molar-refractivity contribution in [1.29, 1.82) is 0 Å². The fraction of sp³-hybridized carbons (Fsp3) is 0.267. The molecule has 0 spiro atoms. The second kappa shape index (κ2) is 10.3. The zero-order chi connectivity index (χ0) is 26.1. The molecular formula is C30H29ClN2O4. The van der Waals surface area contributed by atoms with Crippen molar-refractivity contribution >= 4 is 40.4 Å². The van der Waals surface area contributed by atoms with Gasteiger partial charge in [-0.25, -0.2) is 0 Å².